The summed E-state index contributed by atoms with van der Waals surface area (Å²) >= 11 is 0. The van der Waals surface area contributed by atoms with Gasteiger partial charge in [-0.1, -0.05) is 36.3 Å². The molecule has 0 spiro atoms. The van der Waals surface area contributed by atoms with Crippen molar-refractivity contribution in [2.24, 2.45) is 5.92 Å². The summed E-state index contributed by atoms with van der Waals surface area (Å²) in [5.74, 6) is 0.0694. The van der Waals surface area contributed by atoms with Crippen molar-refractivity contribution in [1.82, 2.24) is 0 Å². The van der Waals surface area contributed by atoms with Gasteiger partial charge in [-0.3, -0.25) is 9.13 Å². The summed E-state index contributed by atoms with van der Waals surface area (Å²) in [6, 6.07) is 0. The van der Waals surface area contributed by atoms with Crippen LogP contribution >= 0.6 is 15.2 Å². The maximum absolute atomic E-state index is 11.2. The highest BCUT2D eigenvalue weighted by Gasteiger charge is 2.35. The Kier molecular flexibility index (Phi) is 10.3. The first-order valence-electron chi connectivity index (χ1n) is 7.95. The Morgan fingerprint density at radius 3 is 1.92 bits per heavy atom. The third kappa shape index (κ3) is 11.1. The van der Waals surface area contributed by atoms with E-state index in [4.69, 9.17) is 19.6 Å². The molecule has 8 heteroatoms. The fourth-order valence-corrected chi connectivity index (χ4v) is 4.18. The second kappa shape index (κ2) is 10.5. The van der Waals surface area contributed by atoms with Gasteiger partial charge < -0.3 is 19.6 Å². The maximum Gasteiger partial charge on any atom is 0.364 e. The molecule has 0 aromatic rings. The maximum atomic E-state index is 11.2. The molecule has 4 N–H and O–H groups in total. The fraction of sp³-hybridized carbons (Fsp3) is 0.625. The molecule has 140 valence electrons. The van der Waals surface area contributed by atoms with E-state index in [1.165, 1.54) is 11.1 Å². The molecule has 0 aliphatic heterocycles. The predicted molar refractivity (Wildman–Crippen MR) is 97.6 cm³/mol. The summed E-state index contributed by atoms with van der Waals surface area (Å²) in [7, 11) is -9.87. The van der Waals surface area contributed by atoms with Gasteiger partial charge in [-0.2, -0.15) is 0 Å². The average Bonchev–Trinajstić information content (AvgIpc) is 2.34. The minimum Gasteiger partial charge on any atom is -0.321 e. The first kappa shape index (κ1) is 23.5. The molecule has 1 atom stereocenters. The highest BCUT2D eigenvalue weighted by molar-refractivity contribution is 7.77. The topological polar surface area (TPSA) is 115 Å². The molecule has 0 saturated heterocycles. The second-order valence-electron chi connectivity index (χ2n) is 6.44. The van der Waals surface area contributed by atoms with Crippen LogP contribution in [0, 0.1) is 5.92 Å². The van der Waals surface area contributed by atoms with E-state index in [2.05, 4.69) is 32.9 Å². The highest BCUT2D eigenvalue weighted by Crippen LogP contribution is 2.64. The normalized spacial score (nSPS) is 14.2. The predicted octanol–water partition coefficient (Wildman–Crippen LogP) is 4.68. The minimum atomic E-state index is -4.94. The number of hydrogen-bond donors (Lipinski definition) is 4. The Morgan fingerprint density at radius 1 is 0.917 bits per heavy atom. The van der Waals surface area contributed by atoms with Crippen LogP contribution in [0.25, 0.3) is 0 Å². The van der Waals surface area contributed by atoms with Crippen LogP contribution in [0.5, 0.6) is 0 Å². The SMILES string of the molecule is CC(C)=CCC/C(C)=C/CCC(C)CC=C(P(=O)(O)O)P(=O)(O)O. The summed E-state index contributed by atoms with van der Waals surface area (Å²) in [5, 5.41) is -1.07. The lowest BCUT2D eigenvalue weighted by Crippen LogP contribution is -1.95. The van der Waals surface area contributed by atoms with E-state index in [1.807, 2.05) is 6.92 Å². The van der Waals surface area contributed by atoms with Gasteiger partial charge in [-0.05, 0) is 58.8 Å². The van der Waals surface area contributed by atoms with Gasteiger partial charge in [0, 0.05) is 0 Å². The van der Waals surface area contributed by atoms with Crippen molar-refractivity contribution in [1.29, 1.82) is 0 Å². The third-order valence-corrected chi connectivity index (χ3v) is 6.67. The molecule has 0 aliphatic rings. The molecule has 24 heavy (non-hydrogen) atoms. The van der Waals surface area contributed by atoms with Crippen molar-refractivity contribution in [3.63, 3.8) is 0 Å². The highest BCUT2D eigenvalue weighted by atomic mass is 31.2. The van der Waals surface area contributed by atoms with Gasteiger partial charge >= 0.3 is 15.2 Å². The molecule has 0 amide bonds. The lowest BCUT2D eigenvalue weighted by atomic mass is 10.0. The molecule has 0 aromatic heterocycles. The summed E-state index contributed by atoms with van der Waals surface area (Å²) in [5.41, 5.74) is 2.59. The standard InChI is InChI=1S/C16H30O6P2/c1-13(2)7-5-8-14(3)9-6-10-15(4)11-12-16(23(17,18)19)24(20,21)22/h7,9,12,15H,5-6,8,10-11H2,1-4H3,(H2,17,18,19)(H2,20,21,22)/b14-9+. The summed E-state index contributed by atoms with van der Waals surface area (Å²) in [4.78, 5) is 36.1. The molecule has 0 saturated carbocycles. The first-order chi connectivity index (χ1) is 10.8. The van der Waals surface area contributed by atoms with Crippen molar-refractivity contribution < 1.29 is 28.7 Å². The Hall–Kier alpha value is -0.480. The molecule has 0 heterocycles. The van der Waals surface area contributed by atoms with E-state index in [0.717, 1.165) is 31.8 Å². The van der Waals surface area contributed by atoms with Crippen LogP contribution in [0.15, 0.2) is 34.4 Å². The number of rotatable bonds is 10. The van der Waals surface area contributed by atoms with E-state index in [-0.39, 0.29) is 12.3 Å². The zero-order valence-corrected chi connectivity index (χ0v) is 16.6. The van der Waals surface area contributed by atoms with Crippen molar-refractivity contribution in [3.8, 4) is 0 Å². The fourth-order valence-electron chi connectivity index (χ4n) is 2.14. The van der Waals surface area contributed by atoms with E-state index >= 15 is 0 Å². The molecular formula is C16H30O6P2. The third-order valence-electron chi connectivity index (χ3n) is 3.54. The minimum absolute atomic E-state index is 0.0694. The average molecular weight is 380 g/mol. The van der Waals surface area contributed by atoms with E-state index in [9.17, 15) is 9.13 Å². The van der Waals surface area contributed by atoms with Gasteiger partial charge in [0.25, 0.3) is 0 Å². The Balaban J connectivity index is 4.51. The zero-order chi connectivity index (χ0) is 19.0. The van der Waals surface area contributed by atoms with Crippen molar-refractivity contribution in [3.05, 3.63) is 34.4 Å². The van der Waals surface area contributed by atoms with E-state index in [0.29, 0.717) is 0 Å². The second-order valence-corrected chi connectivity index (χ2v) is 9.93. The van der Waals surface area contributed by atoms with Crippen LogP contribution in [0.1, 0.15) is 59.8 Å². The van der Waals surface area contributed by atoms with Gasteiger partial charge in [0.1, 0.15) is 5.06 Å². The summed E-state index contributed by atoms with van der Waals surface area (Å²) in [6.07, 6.45) is 9.18. The van der Waals surface area contributed by atoms with Crippen molar-refractivity contribution >= 4 is 15.2 Å². The van der Waals surface area contributed by atoms with Crippen LogP contribution in [0.4, 0.5) is 0 Å². The van der Waals surface area contributed by atoms with Crippen LogP contribution in [0.2, 0.25) is 0 Å². The van der Waals surface area contributed by atoms with Crippen LogP contribution in [-0.4, -0.2) is 19.6 Å². The largest absolute Gasteiger partial charge is 0.364 e. The molecule has 0 aromatic carbocycles. The molecule has 0 fully saturated rings. The molecule has 0 rings (SSSR count). The first-order valence-corrected chi connectivity index (χ1v) is 11.2. The molecule has 0 bridgehead atoms. The van der Waals surface area contributed by atoms with Gasteiger partial charge in [-0.15, -0.1) is 0 Å². The Bertz CT molecular complexity index is 551. The smallest absolute Gasteiger partial charge is 0.321 e. The van der Waals surface area contributed by atoms with Gasteiger partial charge in [0.15, 0.2) is 0 Å². The quantitative estimate of drug-likeness (QED) is 0.323. The van der Waals surface area contributed by atoms with Crippen molar-refractivity contribution in [2.45, 2.75) is 59.8 Å². The van der Waals surface area contributed by atoms with Crippen LogP contribution < -0.4 is 0 Å². The monoisotopic (exact) mass is 380 g/mol. The lowest BCUT2D eigenvalue weighted by Gasteiger charge is -2.13. The number of hydrogen-bond acceptors (Lipinski definition) is 2. The van der Waals surface area contributed by atoms with E-state index < -0.39 is 20.2 Å². The Labute approximate surface area is 144 Å². The zero-order valence-electron chi connectivity index (χ0n) is 14.8. The Morgan fingerprint density at radius 2 is 1.46 bits per heavy atom. The number of allylic oxidation sites excluding steroid dienone is 5. The van der Waals surface area contributed by atoms with Crippen LogP contribution in [0.3, 0.4) is 0 Å². The molecule has 0 radical (unpaired) electrons. The lowest BCUT2D eigenvalue weighted by molar-refractivity contribution is 0.367. The van der Waals surface area contributed by atoms with Crippen LogP contribution in [-0.2, 0) is 9.13 Å². The summed E-state index contributed by atoms with van der Waals surface area (Å²) in [6.45, 7) is 8.10. The summed E-state index contributed by atoms with van der Waals surface area (Å²) < 4.78 is 22.3. The molecular weight excluding hydrogens is 350 g/mol. The molecule has 1 unspecified atom stereocenters. The molecule has 6 nitrogen and oxygen atoms in total. The van der Waals surface area contributed by atoms with Crippen molar-refractivity contribution in [2.75, 3.05) is 0 Å². The van der Waals surface area contributed by atoms with Gasteiger partial charge in [0.2, 0.25) is 0 Å². The van der Waals surface area contributed by atoms with Gasteiger partial charge in [-0.25, -0.2) is 0 Å². The van der Waals surface area contributed by atoms with Gasteiger partial charge in [0.05, 0.1) is 0 Å². The van der Waals surface area contributed by atoms with E-state index in [1.54, 1.807) is 0 Å². The molecule has 0 aliphatic carbocycles.